The lowest BCUT2D eigenvalue weighted by molar-refractivity contribution is 0.00908. The van der Waals surface area contributed by atoms with E-state index < -0.39 is 12.2 Å². The maximum atomic E-state index is 10.2. The molecule has 0 saturated carbocycles. The molecule has 4 heteroatoms. The molecule has 0 saturated heterocycles. The number of benzene rings is 2. The minimum atomic E-state index is -0.736. The third kappa shape index (κ3) is 4.03. The van der Waals surface area contributed by atoms with Crippen LogP contribution < -0.4 is 4.74 Å². The van der Waals surface area contributed by atoms with Crippen LogP contribution in [0.2, 0.25) is 0 Å². The number of hydrogen-bond acceptors (Lipinski definition) is 3. The van der Waals surface area contributed by atoms with Gasteiger partial charge in [-0.05, 0) is 17.7 Å². The highest BCUT2D eigenvalue weighted by Gasteiger charge is 2.23. The van der Waals surface area contributed by atoms with Crippen molar-refractivity contribution in [1.29, 1.82) is 0 Å². The summed E-state index contributed by atoms with van der Waals surface area (Å²) in [7, 11) is 2.14. The van der Waals surface area contributed by atoms with Gasteiger partial charge in [0.15, 0.2) is 6.10 Å². The lowest BCUT2D eigenvalue weighted by Crippen LogP contribution is -2.27. The second kappa shape index (κ2) is 7.25. The Morgan fingerprint density at radius 2 is 1.53 bits per heavy atom. The zero-order chi connectivity index (χ0) is 13.5. The molecule has 3 atom stereocenters. The molecule has 0 fully saturated rings. The monoisotopic (exact) mass is 276 g/mol. The summed E-state index contributed by atoms with van der Waals surface area (Å²) in [6.45, 7) is 0.192. The van der Waals surface area contributed by atoms with E-state index in [1.165, 1.54) is 0 Å². The Bertz CT molecular complexity index is 475. The topological polar surface area (TPSA) is 38.7 Å². The maximum Gasteiger partial charge on any atom is 0.152 e. The molecule has 0 aliphatic heterocycles. The zero-order valence-electron chi connectivity index (χ0n) is 10.5. The van der Waals surface area contributed by atoms with Crippen LogP contribution in [0.25, 0.3) is 0 Å². The first kappa shape index (κ1) is 14.0. The third-order valence-electron chi connectivity index (χ3n) is 2.75. The summed E-state index contributed by atoms with van der Waals surface area (Å²) in [6.07, 6.45) is -1.19. The highest BCUT2D eigenvalue weighted by molar-refractivity contribution is 7.09. The first-order chi connectivity index (χ1) is 9.31. The number of aliphatic hydroxyl groups is 1. The average molecular weight is 276 g/mol. The quantitative estimate of drug-likeness (QED) is 0.824. The van der Waals surface area contributed by atoms with Crippen LogP contribution >= 0.6 is 9.47 Å². The largest absolute Gasteiger partial charge is 0.483 e. The first-order valence-corrected chi connectivity index (χ1v) is 6.55. The third-order valence-corrected chi connectivity index (χ3v) is 2.94. The number of aliphatic hydroxyl groups excluding tert-OH is 1. The van der Waals surface area contributed by atoms with Gasteiger partial charge in [0.2, 0.25) is 0 Å². The second-order valence-electron chi connectivity index (χ2n) is 4.16. The van der Waals surface area contributed by atoms with Crippen molar-refractivity contribution in [3.05, 3.63) is 66.2 Å². The maximum absolute atomic E-state index is 10.2. The smallest absolute Gasteiger partial charge is 0.152 e. The van der Waals surface area contributed by atoms with Gasteiger partial charge in [0, 0.05) is 9.47 Å². The van der Waals surface area contributed by atoms with Gasteiger partial charge in [0.25, 0.3) is 0 Å². The van der Waals surface area contributed by atoms with Gasteiger partial charge in [0.05, 0.1) is 6.61 Å². The van der Waals surface area contributed by atoms with Crippen molar-refractivity contribution in [2.24, 2.45) is 0 Å². The predicted octanol–water partition coefficient (Wildman–Crippen LogP) is 2.97. The lowest BCUT2D eigenvalue weighted by atomic mass is 10.0. The van der Waals surface area contributed by atoms with Gasteiger partial charge in [-0.2, -0.15) is 0 Å². The molecule has 2 aromatic carbocycles. The second-order valence-corrected chi connectivity index (χ2v) is 4.50. The van der Waals surface area contributed by atoms with Crippen LogP contribution in [0.1, 0.15) is 11.7 Å². The van der Waals surface area contributed by atoms with E-state index in [9.17, 15) is 5.11 Å². The molecule has 1 N–H and O–H groups in total. The molecule has 0 aromatic heterocycles. The standard InChI is InChI=1S/C15H17O3P/c16-14(11-17-19)15(12-7-3-1-4-8-12)18-13-9-5-2-6-10-13/h1-10,14-16H,11,19H2/t14-,15+/m1/s1. The Hall–Kier alpha value is -1.41. The minimum absolute atomic E-state index is 0.192. The molecule has 0 heterocycles. The van der Waals surface area contributed by atoms with Crippen LogP contribution in [0.15, 0.2) is 60.7 Å². The number of para-hydroxylation sites is 1. The summed E-state index contributed by atoms with van der Waals surface area (Å²) in [5.74, 6) is 0.721. The van der Waals surface area contributed by atoms with Gasteiger partial charge in [-0.15, -0.1) is 0 Å². The molecule has 2 rings (SSSR count). The molecule has 100 valence electrons. The molecule has 0 amide bonds. The van der Waals surface area contributed by atoms with E-state index in [2.05, 4.69) is 9.47 Å². The van der Waals surface area contributed by atoms with Crippen molar-refractivity contribution in [2.45, 2.75) is 12.2 Å². The molecule has 0 bridgehead atoms. The van der Waals surface area contributed by atoms with Gasteiger partial charge in [-0.1, -0.05) is 48.5 Å². The Balaban J connectivity index is 2.20. The molecule has 3 nitrogen and oxygen atoms in total. The molecule has 2 aromatic rings. The summed E-state index contributed by atoms with van der Waals surface area (Å²) < 4.78 is 10.8. The number of rotatable bonds is 6. The van der Waals surface area contributed by atoms with Crippen molar-refractivity contribution in [3.8, 4) is 5.75 Å². The Morgan fingerprint density at radius 3 is 2.11 bits per heavy atom. The van der Waals surface area contributed by atoms with E-state index in [1.54, 1.807) is 0 Å². The zero-order valence-corrected chi connectivity index (χ0v) is 11.6. The Labute approximate surface area is 115 Å². The van der Waals surface area contributed by atoms with E-state index in [-0.39, 0.29) is 6.61 Å². The van der Waals surface area contributed by atoms with Crippen LogP contribution in [-0.4, -0.2) is 17.8 Å². The molecule has 0 aliphatic rings. The van der Waals surface area contributed by atoms with Gasteiger partial charge < -0.3 is 14.4 Å². The molecule has 1 unspecified atom stereocenters. The fraction of sp³-hybridized carbons (Fsp3) is 0.200. The highest BCUT2D eigenvalue weighted by atomic mass is 31.0. The minimum Gasteiger partial charge on any atom is -0.483 e. The summed E-state index contributed by atoms with van der Waals surface area (Å²) in [5, 5.41) is 10.2. The molecule has 0 radical (unpaired) electrons. The first-order valence-electron chi connectivity index (χ1n) is 6.07. The summed E-state index contributed by atoms with van der Waals surface area (Å²) in [4.78, 5) is 0. The van der Waals surface area contributed by atoms with Gasteiger partial charge in [-0.3, -0.25) is 0 Å². The lowest BCUT2D eigenvalue weighted by Gasteiger charge is -2.24. The molecule has 0 spiro atoms. The molecular formula is C15H17O3P. The summed E-state index contributed by atoms with van der Waals surface area (Å²) in [5.41, 5.74) is 0.918. The van der Waals surface area contributed by atoms with E-state index in [0.29, 0.717) is 0 Å². The van der Waals surface area contributed by atoms with Crippen molar-refractivity contribution in [1.82, 2.24) is 0 Å². The van der Waals surface area contributed by atoms with Gasteiger partial charge in [0.1, 0.15) is 11.9 Å². The number of hydrogen-bond donors (Lipinski definition) is 1. The fourth-order valence-electron chi connectivity index (χ4n) is 1.84. The van der Waals surface area contributed by atoms with Gasteiger partial charge >= 0.3 is 0 Å². The van der Waals surface area contributed by atoms with Crippen molar-refractivity contribution in [2.75, 3.05) is 6.61 Å². The van der Waals surface area contributed by atoms with Gasteiger partial charge in [-0.25, -0.2) is 0 Å². The molecule has 19 heavy (non-hydrogen) atoms. The summed E-state index contributed by atoms with van der Waals surface area (Å²) >= 11 is 0. The van der Waals surface area contributed by atoms with E-state index in [0.717, 1.165) is 11.3 Å². The van der Waals surface area contributed by atoms with Crippen molar-refractivity contribution >= 4 is 9.47 Å². The normalized spacial score (nSPS) is 13.8. The average Bonchev–Trinajstić information content (AvgIpc) is 2.47. The molecule has 0 aliphatic carbocycles. The number of ether oxygens (including phenoxy) is 1. The SMILES string of the molecule is O[C@H](COP)[C@@H](Oc1ccccc1)c1ccccc1. The Kier molecular flexibility index (Phi) is 5.34. The van der Waals surface area contributed by atoms with Crippen LogP contribution in [0, 0.1) is 0 Å². The van der Waals surface area contributed by atoms with Crippen LogP contribution in [-0.2, 0) is 4.52 Å². The van der Waals surface area contributed by atoms with Crippen LogP contribution in [0.5, 0.6) is 5.75 Å². The predicted molar refractivity (Wildman–Crippen MR) is 77.9 cm³/mol. The van der Waals surface area contributed by atoms with Crippen LogP contribution in [0.4, 0.5) is 0 Å². The summed E-state index contributed by atoms with van der Waals surface area (Å²) in [6, 6.07) is 19.1. The van der Waals surface area contributed by atoms with Crippen molar-refractivity contribution in [3.63, 3.8) is 0 Å². The molecular weight excluding hydrogens is 259 g/mol. The van der Waals surface area contributed by atoms with Crippen LogP contribution in [0.3, 0.4) is 0 Å². The van der Waals surface area contributed by atoms with E-state index in [1.807, 2.05) is 60.7 Å². The fourth-order valence-corrected chi connectivity index (χ4v) is 2.04. The van der Waals surface area contributed by atoms with E-state index >= 15 is 0 Å². The Morgan fingerprint density at radius 1 is 0.947 bits per heavy atom. The van der Waals surface area contributed by atoms with E-state index in [4.69, 9.17) is 9.26 Å². The highest BCUT2D eigenvalue weighted by Crippen LogP contribution is 2.25. The van der Waals surface area contributed by atoms with Crippen molar-refractivity contribution < 1.29 is 14.4 Å².